The van der Waals surface area contributed by atoms with E-state index in [-0.39, 0.29) is 0 Å². The molecule has 0 saturated carbocycles. The zero-order chi connectivity index (χ0) is 14.2. The Bertz CT molecular complexity index is 791. The molecule has 0 atom stereocenters. The molecule has 0 aliphatic carbocycles. The number of fused-ring (bicyclic) bond motifs is 3. The predicted octanol–water partition coefficient (Wildman–Crippen LogP) is 3.27. The first-order valence-corrected chi connectivity index (χ1v) is 8.16. The predicted molar refractivity (Wildman–Crippen MR) is 88.3 cm³/mol. The van der Waals surface area contributed by atoms with Crippen molar-refractivity contribution in [1.29, 1.82) is 0 Å². The first kappa shape index (κ1) is 12.8. The van der Waals surface area contributed by atoms with E-state index < -0.39 is 0 Å². The molecule has 0 radical (unpaired) electrons. The molecule has 0 bridgehead atoms. The minimum atomic E-state index is 0.687. The van der Waals surface area contributed by atoms with E-state index in [1.807, 2.05) is 19.3 Å². The van der Waals surface area contributed by atoms with Gasteiger partial charge in [0.1, 0.15) is 4.83 Å². The number of pyridine rings is 1. The molecule has 1 fully saturated rings. The van der Waals surface area contributed by atoms with Gasteiger partial charge in [0.2, 0.25) is 5.95 Å². The third-order valence-electron chi connectivity index (χ3n) is 3.95. The van der Waals surface area contributed by atoms with Crippen LogP contribution in [0.2, 0.25) is 0 Å². The first-order valence-electron chi connectivity index (χ1n) is 7.35. The van der Waals surface area contributed by atoms with Gasteiger partial charge in [-0.25, -0.2) is 9.97 Å². The maximum absolute atomic E-state index is 4.72. The highest BCUT2D eigenvalue weighted by Gasteiger charge is 2.20. The molecule has 4 rings (SSSR count). The Hall–Kier alpha value is -1.95. The lowest BCUT2D eigenvalue weighted by Crippen LogP contribution is -2.30. The van der Waals surface area contributed by atoms with Gasteiger partial charge in [0.05, 0.1) is 10.2 Å². The molecular weight excluding hydrogens is 282 g/mol. The third-order valence-corrected chi connectivity index (χ3v) is 5.05. The van der Waals surface area contributed by atoms with Gasteiger partial charge in [-0.3, -0.25) is 0 Å². The highest BCUT2D eigenvalue weighted by molar-refractivity contribution is 7.25. The van der Waals surface area contributed by atoms with E-state index in [0.29, 0.717) is 5.95 Å². The van der Waals surface area contributed by atoms with Crippen molar-refractivity contribution >= 4 is 43.5 Å². The molecule has 1 aliphatic heterocycles. The number of anilines is 2. The molecule has 1 aliphatic rings. The van der Waals surface area contributed by atoms with E-state index in [1.54, 1.807) is 11.3 Å². The van der Waals surface area contributed by atoms with E-state index >= 15 is 0 Å². The zero-order valence-electron chi connectivity index (χ0n) is 12.0. The Morgan fingerprint density at radius 3 is 2.86 bits per heavy atom. The van der Waals surface area contributed by atoms with Crippen LogP contribution in [-0.4, -0.2) is 35.1 Å². The molecule has 108 valence electrons. The zero-order valence-corrected chi connectivity index (χ0v) is 12.8. The molecule has 6 heteroatoms. The first-order chi connectivity index (χ1) is 10.4. The number of nitrogens with zero attached hydrogens (tertiary/aromatic N) is 4. The summed E-state index contributed by atoms with van der Waals surface area (Å²) in [5.74, 6) is 1.75. The second-order valence-electron chi connectivity index (χ2n) is 5.30. The number of hydrogen-bond acceptors (Lipinski definition) is 6. The van der Waals surface area contributed by atoms with Crippen LogP contribution in [0.4, 0.5) is 11.8 Å². The van der Waals surface area contributed by atoms with Crippen LogP contribution in [0.5, 0.6) is 0 Å². The Morgan fingerprint density at radius 2 is 2.05 bits per heavy atom. The Morgan fingerprint density at radius 1 is 1.19 bits per heavy atom. The number of nitrogens with one attached hydrogen (secondary N) is 1. The van der Waals surface area contributed by atoms with Crippen molar-refractivity contribution < 1.29 is 0 Å². The van der Waals surface area contributed by atoms with Crippen LogP contribution >= 0.6 is 11.3 Å². The molecule has 0 amide bonds. The van der Waals surface area contributed by atoms with Crippen molar-refractivity contribution in [3.05, 3.63) is 18.3 Å². The van der Waals surface area contributed by atoms with Crippen molar-refractivity contribution in [2.45, 2.75) is 19.3 Å². The minimum absolute atomic E-state index is 0.687. The van der Waals surface area contributed by atoms with Crippen molar-refractivity contribution in [2.24, 2.45) is 0 Å². The largest absolute Gasteiger partial charge is 0.357 e. The van der Waals surface area contributed by atoms with Gasteiger partial charge in [-0.1, -0.05) is 0 Å². The lowest BCUT2D eigenvalue weighted by atomic mass is 10.1. The lowest BCUT2D eigenvalue weighted by molar-refractivity contribution is 0.575. The van der Waals surface area contributed by atoms with Crippen molar-refractivity contribution in [3.63, 3.8) is 0 Å². The number of piperidine rings is 1. The third kappa shape index (κ3) is 2.10. The Balaban J connectivity index is 1.99. The van der Waals surface area contributed by atoms with Gasteiger partial charge >= 0.3 is 0 Å². The van der Waals surface area contributed by atoms with Crippen LogP contribution in [0, 0.1) is 0 Å². The average molecular weight is 299 g/mol. The lowest BCUT2D eigenvalue weighted by Gasteiger charge is -2.28. The van der Waals surface area contributed by atoms with E-state index in [1.165, 1.54) is 19.3 Å². The molecule has 5 nitrogen and oxygen atoms in total. The standard InChI is InChI=1S/C15H17N5S/c1-16-15-18-11-10-6-5-7-17-14(10)21-12(11)13(19-15)20-8-3-2-4-9-20/h5-7H,2-4,8-9H2,1H3,(H,16,18,19). The van der Waals surface area contributed by atoms with Crippen molar-refractivity contribution in [3.8, 4) is 0 Å². The van der Waals surface area contributed by atoms with Gasteiger partial charge in [-0.2, -0.15) is 4.98 Å². The van der Waals surface area contributed by atoms with Gasteiger partial charge < -0.3 is 10.2 Å². The molecular formula is C15H17N5S. The number of thiophene rings is 1. The smallest absolute Gasteiger partial charge is 0.225 e. The number of hydrogen-bond donors (Lipinski definition) is 1. The van der Waals surface area contributed by atoms with Crippen molar-refractivity contribution in [2.75, 3.05) is 30.4 Å². The van der Waals surface area contributed by atoms with E-state index in [4.69, 9.17) is 4.98 Å². The maximum atomic E-state index is 4.72. The summed E-state index contributed by atoms with van der Waals surface area (Å²) in [5, 5.41) is 4.21. The van der Waals surface area contributed by atoms with Crippen LogP contribution in [0.3, 0.4) is 0 Å². The van der Waals surface area contributed by atoms with Crippen LogP contribution in [0.15, 0.2) is 18.3 Å². The topological polar surface area (TPSA) is 53.9 Å². The number of rotatable bonds is 2. The van der Waals surface area contributed by atoms with Crippen molar-refractivity contribution in [1.82, 2.24) is 15.0 Å². The summed E-state index contributed by atoms with van der Waals surface area (Å²) in [5.41, 5.74) is 1.02. The summed E-state index contributed by atoms with van der Waals surface area (Å²) in [6, 6.07) is 4.06. The summed E-state index contributed by atoms with van der Waals surface area (Å²) in [6.45, 7) is 2.16. The second kappa shape index (κ2) is 5.11. The molecule has 3 aromatic heterocycles. The van der Waals surface area contributed by atoms with E-state index in [2.05, 4.69) is 26.3 Å². The summed E-state index contributed by atoms with van der Waals surface area (Å²) in [6.07, 6.45) is 5.63. The molecule has 4 heterocycles. The molecule has 1 N–H and O–H groups in total. The summed E-state index contributed by atoms with van der Waals surface area (Å²) in [7, 11) is 1.87. The molecule has 1 saturated heterocycles. The van der Waals surface area contributed by atoms with Crippen LogP contribution in [0.1, 0.15) is 19.3 Å². The van der Waals surface area contributed by atoms with Crippen LogP contribution in [0.25, 0.3) is 20.4 Å². The van der Waals surface area contributed by atoms with E-state index in [9.17, 15) is 0 Å². The monoisotopic (exact) mass is 299 g/mol. The molecule has 0 aromatic carbocycles. The highest BCUT2D eigenvalue weighted by atomic mass is 32.1. The van der Waals surface area contributed by atoms with E-state index in [0.717, 1.165) is 39.3 Å². The normalized spacial score (nSPS) is 15.8. The van der Waals surface area contributed by atoms with Gasteiger partial charge in [0.25, 0.3) is 0 Å². The van der Waals surface area contributed by atoms with Crippen LogP contribution in [-0.2, 0) is 0 Å². The highest BCUT2D eigenvalue weighted by Crippen LogP contribution is 2.37. The fraction of sp³-hybridized carbons (Fsp3) is 0.400. The fourth-order valence-electron chi connectivity index (χ4n) is 2.90. The van der Waals surface area contributed by atoms with Gasteiger partial charge in [0.15, 0.2) is 5.82 Å². The summed E-state index contributed by atoms with van der Waals surface area (Å²) < 4.78 is 1.16. The molecule has 21 heavy (non-hydrogen) atoms. The quantitative estimate of drug-likeness (QED) is 0.787. The fourth-order valence-corrected chi connectivity index (χ4v) is 4.00. The Kier molecular flexibility index (Phi) is 3.11. The molecule has 0 unspecified atom stereocenters. The van der Waals surface area contributed by atoms with Crippen LogP contribution < -0.4 is 10.2 Å². The molecule has 0 spiro atoms. The number of aromatic nitrogens is 3. The average Bonchev–Trinajstić information content (AvgIpc) is 2.93. The van der Waals surface area contributed by atoms with Gasteiger partial charge in [-0.15, -0.1) is 11.3 Å². The summed E-state index contributed by atoms with van der Waals surface area (Å²) >= 11 is 1.70. The Labute approximate surface area is 127 Å². The van der Waals surface area contributed by atoms with Gasteiger partial charge in [-0.05, 0) is 31.4 Å². The maximum Gasteiger partial charge on any atom is 0.225 e. The minimum Gasteiger partial charge on any atom is -0.357 e. The molecule has 3 aromatic rings. The van der Waals surface area contributed by atoms with Gasteiger partial charge in [0, 0.05) is 31.7 Å². The summed E-state index contributed by atoms with van der Waals surface area (Å²) in [4.78, 5) is 17.3. The second-order valence-corrected chi connectivity index (χ2v) is 6.30. The SMILES string of the molecule is CNc1nc(N2CCCCC2)c2sc3ncccc3c2n1.